The smallest absolute Gasteiger partial charge is 0.272 e. The molecule has 28 heavy (non-hydrogen) atoms. The average Bonchev–Trinajstić information content (AvgIpc) is 3.08. The predicted octanol–water partition coefficient (Wildman–Crippen LogP) is 3.65. The van der Waals surface area contributed by atoms with Crippen molar-refractivity contribution in [2.75, 3.05) is 6.54 Å². The van der Waals surface area contributed by atoms with Crippen LogP contribution in [0.25, 0.3) is 0 Å². The molecule has 0 bridgehead atoms. The van der Waals surface area contributed by atoms with Gasteiger partial charge in [0, 0.05) is 36.8 Å². The fourth-order valence-corrected chi connectivity index (χ4v) is 4.14. The molecule has 2 aromatic rings. The first-order valence-electron chi connectivity index (χ1n) is 10.0. The summed E-state index contributed by atoms with van der Waals surface area (Å²) in [4.78, 5) is 27.5. The Kier molecular flexibility index (Phi) is 5.67. The molecule has 1 N–H and O–H groups in total. The minimum absolute atomic E-state index is 0.0864. The molecule has 148 valence electrons. The highest BCUT2D eigenvalue weighted by atomic mass is 35.5. The number of nitrogens with one attached hydrogen (secondary N) is 1. The van der Waals surface area contributed by atoms with Gasteiger partial charge in [0.05, 0.1) is 0 Å². The number of aromatic nitrogens is 2. The van der Waals surface area contributed by atoms with Crippen LogP contribution in [-0.4, -0.2) is 39.1 Å². The first-order valence-corrected chi connectivity index (χ1v) is 10.4. The molecule has 1 aromatic carbocycles. The van der Waals surface area contributed by atoms with E-state index >= 15 is 0 Å². The van der Waals surface area contributed by atoms with Crippen molar-refractivity contribution >= 4 is 23.4 Å². The zero-order valence-corrected chi connectivity index (χ0v) is 16.6. The summed E-state index contributed by atoms with van der Waals surface area (Å²) in [6.07, 6.45) is 6.40. The van der Waals surface area contributed by atoms with Gasteiger partial charge in [-0.15, -0.1) is 0 Å². The van der Waals surface area contributed by atoms with Crippen molar-refractivity contribution in [1.82, 2.24) is 20.0 Å². The molecule has 2 heterocycles. The van der Waals surface area contributed by atoms with Crippen LogP contribution < -0.4 is 5.32 Å². The van der Waals surface area contributed by atoms with Crippen molar-refractivity contribution < 1.29 is 9.59 Å². The lowest BCUT2D eigenvalue weighted by Crippen LogP contribution is -2.36. The number of aryl methyl sites for hydroxylation is 1. The van der Waals surface area contributed by atoms with E-state index in [1.54, 1.807) is 10.7 Å². The second-order valence-corrected chi connectivity index (χ2v) is 8.09. The Morgan fingerprint density at radius 2 is 1.86 bits per heavy atom. The van der Waals surface area contributed by atoms with Gasteiger partial charge in [-0.1, -0.05) is 43.0 Å². The summed E-state index contributed by atoms with van der Waals surface area (Å²) in [6, 6.07) is 9.39. The Morgan fingerprint density at radius 1 is 1.11 bits per heavy atom. The maximum absolute atomic E-state index is 13.0. The largest absolute Gasteiger partial charge is 0.348 e. The summed E-state index contributed by atoms with van der Waals surface area (Å²) >= 11 is 5.95. The van der Waals surface area contributed by atoms with Gasteiger partial charge in [0.1, 0.15) is 5.69 Å². The number of benzene rings is 1. The van der Waals surface area contributed by atoms with Gasteiger partial charge < -0.3 is 10.2 Å². The van der Waals surface area contributed by atoms with Gasteiger partial charge in [-0.05, 0) is 37.0 Å². The lowest BCUT2D eigenvalue weighted by molar-refractivity contribution is 0.0745. The van der Waals surface area contributed by atoms with Crippen LogP contribution in [-0.2, 0) is 13.1 Å². The Balaban J connectivity index is 1.48. The number of carbonyl (C=O) groups is 2. The summed E-state index contributed by atoms with van der Waals surface area (Å²) in [5, 5.41) is 8.18. The monoisotopic (exact) mass is 400 g/mol. The van der Waals surface area contributed by atoms with Gasteiger partial charge >= 0.3 is 0 Å². The zero-order valence-electron chi connectivity index (χ0n) is 15.9. The molecular formula is C21H25ClN4O2. The van der Waals surface area contributed by atoms with Crippen LogP contribution in [0.4, 0.5) is 0 Å². The third-order valence-electron chi connectivity index (χ3n) is 5.54. The van der Waals surface area contributed by atoms with Crippen LogP contribution in [0.15, 0.2) is 30.3 Å². The van der Waals surface area contributed by atoms with Crippen LogP contribution >= 0.6 is 11.6 Å². The summed E-state index contributed by atoms with van der Waals surface area (Å²) in [5.74, 6) is -0.263. The van der Waals surface area contributed by atoms with E-state index in [2.05, 4.69) is 10.4 Å². The third kappa shape index (κ3) is 4.22. The van der Waals surface area contributed by atoms with E-state index in [0.717, 1.165) is 37.7 Å². The minimum atomic E-state index is -0.176. The summed E-state index contributed by atoms with van der Waals surface area (Å²) in [7, 11) is 0. The Labute approximate surface area is 169 Å². The molecule has 4 rings (SSSR count). The van der Waals surface area contributed by atoms with Gasteiger partial charge in [-0.3, -0.25) is 14.3 Å². The number of nitrogens with zero attached hydrogens (tertiary/aromatic N) is 3. The normalized spacial score (nSPS) is 17.9. The van der Waals surface area contributed by atoms with Crippen LogP contribution in [0.1, 0.15) is 65.1 Å². The molecule has 0 saturated heterocycles. The van der Waals surface area contributed by atoms with E-state index in [4.69, 9.17) is 11.6 Å². The molecule has 0 radical (unpaired) electrons. The number of rotatable bonds is 4. The number of halogens is 1. The SMILES string of the molecule is O=C(NC1CCCCC1)c1cc2n(n1)CCCN(Cc1ccc(Cl)cc1)C2=O. The minimum Gasteiger partial charge on any atom is -0.348 e. The van der Waals surface area contributed by atoms with E-state index in [0.29, 0.717) is 36.0 Å². The van der Waals surface area contributed by atoms with E-state index in [1.807, 2.05) is 29.2 Å². The summed E-state index contributed by atoms with van der Waals surface area (Å²) < 4.78 is 1.68. The molecule has 2 aliphatic rings. The van der Waals surface area contributed by atoms with E-state index in [9.17, 15) is 9.59 Å². The molecule has 1 fully saturated rings. The predicted molar refractivity (Wildman–Crippen MR) is 107 cm³/mol. The van der Waals surface area contributed by atoms with Gasteiger partial charge in [-0.25, -0.2) is 0 Å². The maximum atomic E-state index is 13.0. The van der Waals surface area contributed by atoms with Gasteiger partial charge in [0.15, 0.2) is 5.69 Å². The fraction of sp³-hybridized carbons (Fsp3) is 0.476. The molecule has 1 aliphatic heterocycles. The maximum Gasteiger partial charge on any atom is 0.272 e. The molecule has 0 atom stereocenters. The third-order valence-corrected chi connectivity index (χ3v) is 5.80. The summed E-state index contributed by atoms with van der Waals surface area (Å²) in [6.45, 7) is 1.81. The lowest BCUT2D eigenvalue weighted by Gasteiger charge is -2.22. The average molecular weight is 401 g/mol. The quantitative estimate of drug-likeness (QED) is 0.851. The van der Waals surface area contributed by atoms with Crippen molar-refractivity contribution in [2.45, 2.75) is 57.7 Å². The number of hydrogen-bond acceptors (Lipinski definition) is 3. The molecular weight excluding hydrogens is 376 g/mol. The van der Waals surface area contributed by atoms with Crippen molar-refractivity contribution in [2.24, 2.45) is 0 Å². The highest BCUT2D eigenvalue weighted by molar-refractivity contribution is 6.30. The standard InChI is InChI=1S/C21H25ClN4O2/c22-16-9-7-15(8-10-16)14-25-11-4-12-26-19(21(25)28)13-18(24-26)20(27)23-17-5-2-1-3-6-17/h7-10,13,17H,1-6,11-12,14H2,(H,23,27). The highest BCUT2D eigenvalue weighted by Gasteiger charge is 2.27. The fourth-order valence-electron chi connectivity index (χ4n) is 4.01. The Bertz CT molecular complexity index is 856. The van der Waals surface area contributed by atoms with Crippen LogP contribution in [0.3, 0.4) is 0 Å². The zero-order chi connectivity index (χ0) is 19.5. The van der Waals surface area contributed by atoms with E-state index in [1.165, 1.54) is 6.42 Å². The van der Waals surface area contributed by atoms with Crippen molar-refractivity contribution in [3.63, 3.8) is 0 Å². The molecule has 2 amide bonds. The number of fused-ring (bicyclic) bond motifs is 1. The number of hydrogen-bond donors (Lipinski definition) is 1. The topological polar surface area (TPSA) is 67.2 Å². The first kappa shape index (κ1) is 19.0. The van der Waals surface area contributed by atoms with Crippen molar-refractivity contribution in [3.05, 3.63) is 52.3 Å². The number of amides is 2. The van der Waals surface area contributed by atoms with Gasteiger partial charge in [0.2, 0.25) is 0 Å². The molecule has 1 aliphatic carbocycles. The van der Waals surface area contributed by atoms with E-state index in [-0.39, 0.29) is 17.9 Å². The number of carbonyl (C=O) groups excluding carboxylic acids is 2. The molecule has 0 unspecified atom stereocenters. The molecule has 6 nitrogen and oxygen atoms in total. The second kappa shape index (κ2) is 8.35. The van der Waals surface area contributed by atoms with Crippen molar-refractivity contribution in [3.8, 4) is 0 Å². The van der Waals surface area contributed by atoms with Gasteiger partial charge in [0.25, 0.3) is 11.8 Å². The Hall–Kier alpha value is -2.34. The van der Waals surface area contributed by atoms with E-state index < -0.39 is 0 Å². The molecule has 7 heteroatoms. The van der Waals surface area contributed by atoms with Crippen LogP contribution in [0, 0.1) is 0 Å². The molecule has 1 saturated carbocycles. The Morgan fingerprint density at radius 3 is 2.61 bits per heavy atom. The summed E-state index contributed by atoms with van der Waals surface area (Å²) in [5.41, 5.74) is 1.85. The highest BCUT2D eigenvalue weighted by Crippen LogP contribution is 2.20. The first-order chi connectivity index (χ1) is 13.6. The van der Waals surface area contributed by atoms with Gasteiger partial charge in [-0.2, -0.15) is 5.10 Å². The van der Waals surface area contributed by atoms with Crippen molar-refractivity contribution in [1.29, 1.82) is 0 Å². The van der Waals surface area contributed by atoms with Crippen LogP contribution in [0.2, 0.25) is 5.02 Å². The molecule has 1 aromatic heterocycles. The molecule has 0 spiro atoms. The lowest BCUT2D eigenvalue weighted by atomic mass is 9.95. The second-order valence-electron chi connectivity index (χ2n) is 7.65. The van der Waals surface area contributed by atoms with Crippen LogP contribution in [0.5, 0.6) is 0 Å².